The molecule has 0 radical (unpaired) electrons. The second kappa shape index (κ2) is 8.38. The van der Waals surface area contributed by atoms with Crippen molar-refractivity contribution in [2.75, 3.05) is 6.54 Å². The molecule has 3 aromatic rings. The van der Waals surface area contributed by atoms with Gasteiger partial charge in [0.1, 0.15) is 5.82 Å². The molecule has 2 N–H and O–H groups in total. The molecule has 5 nitrogen and oxygen atoms in total. The molecular formula is C23H25N3O2. The van der Waals surface area contributed by atoms with Crippen LogP contribution in [0.1, 0.15) is 48.6 Å². The molecule has 1 heterocycles. The minimum Gasteiger partial charge on any atom is -0.355 e. The van der Waals surface area contributed by atoms with Gasteiger partial charge >= 0.3 is 0 Å². The molecule has 1 unspecified atom stereocenters. The zero-order valence-electron chi connectivity index (χ0n) is 15.9. The van der Waals surface area contributed by atoms with Crippen LogP contribution in [0, 0.1) is 0 Å². The summed E-state index contributed by atoms with van der Waals surface area (Å²) in [5.41, 5.74) is 3.37. The fraction of sp³-hybridized carbons (Fsp3) is 0.348. The normalized spacial score (nSPS) is 15.9. The van der Waals surface area contributed by atoms with Crippen LogP contribution in [0.5, 0.6) is 0 Å². The van der Waals surface area contributed by atoms with Gasteiger partial charge in [0, 0.05) is 25.3 Å². The zero-order chi connectivity index (χ0) is 19.3. The van der Waals surface area contributed by atoms with Crippen molar-refractivity contribution in [3.8, 4) is 0 Å². The largest absolute Gasteiger partial charge is 0.355 e. The Hall–Kier alpha value is -2.95. The minimum atomic E-state index is -0.124. The number of hydrogen-bond donors (Lipinski definition) is 2. The number of nitrogens with zero attached hydrogens (tertiary/aromatic N) is 1. The summed E-state index contributed by atoms with van der Waals surface area (Å²) >= 11 is 0. The van der Waals surface area contributed by atoms with E-state index in [4.69, 9.17) is 0 Å². The Balaban J connectivity index is 1.28. The molecule has 0 spiro atoms. The number of H-pyrrole nitrogens is 1. The summed E-state index contributed by atoms with van der Waals surface area (Å²) in [6.45, 7) is 0.695. The van der Waals surface area contributed by atoms with Crippen molar-refractivity contribution in [2.24, 2.45) is 0 Å². The summed E-state index contributed by atoms with van der Waals surface area (Å²) in [6.07, 6.45) is 5.12. The van der Waals surface area contributed by atoms with E-state index in [2.05, 4.69) is 39.6 Å². The summed E-state index contributed by atoms with van der Waals surface area (Å²) in [5.74, 6) is 1.11. The third kappa shape index (κ3) is 4.14. The van der Waals surface area contributed by atoms with Crippen LogP contribution in [0.2, 0.25) is 0 Å². The third-order valence-electron chi connectivity index (χ3n) is 5.52. The van der Waals surface area contributed by atoms with Crippen LogP contribution in [0.4, 0.5) is 0 Å². The lowest BCUT2D eigenvalue weighted by Gasteiger charge is -2.25. The maximum Gasteiger partial charge on any atom is 0.258 e. The maximum atomic E-state index is 12.3. The lowest BCUT2D eigenvalue weighted by atomic mass is 9.83. The van der Waals surface area contributed by atoms with Crippen LogP contribution < -0.4 is 10.9 Å². The van der Waals surface area contributed by atoms with Gasteiger partial charge < -0.3 is 10.3 Å². The molecule has 0 aliphatic heterocycles. The summed E-state index contributed by atoms with van der Waals surface area (Å²) in [7, 11) is 0. The Morgan fingerprint density at radius 3 is 2.89 bits per heavy atom. The fourth-order valence-corrected chi connectivity index (χ4v) is 4.06. The minimum absolute atomic E-state index is 0.0613. The first-order valence-corrected chi connectivity index (χ1v) is 10.0. The fourth-order valence-electron chi connectivity index (χ4n) is 4.06. The highest BCUT2D eigenvalue weighted by Crippen LogP contribution is 2.30. The second-order valence-electron chi connectivity index (χ2n) is 7.48. The van der Waals surface area contributed by atoms with Crippen molar-refractivity contribution in [2.45, 2.75) is 44.4 Å². The number of rotatable bonds is 6. The number of amides is 1. The molecule has 1 aromatic heterocycles. The van der Waals surface area contributed by atoms with E-state index in [9.17, 15) is 9.59 Å². The topological polar surface area (TPSA) is 74.8 Å². The van der Waals surface area contributed by atoms with E-state index < -0.39 is 0 Å². The highest BCUT2D eigenvalue weighted by molar-refractivity contribution is 5.77. The van der Waals surface area contributed by atoms with Gasteiger partial charge in [0.2, 0.25) is 5.91 Å². The van der Waals surface area contributed by atoms with Gasteiger partial charge in [0.25, 0.3) is 5.56 Å². The van der Waals surface area contributed by atoms with Gasteiger partial charge in [-0.2, -0.15) is 0 Å². The van der Waals surface area contributed by atoms with Gasteiger partial charge in [0.05, 0.1) is 10.9 Å². The summed E-state index contributed by atoms with van der Waals surface area (Å²) in [4.78, 5) is 31.7. The van der Waals surface area contributed by atoms with Crippen molar-refractivity contribution < 1.29 is 4.79 Å². The van der Waals surface area contributed by atoms with E-state index in [-0.39, 0.29) is 11.5 Å². The average Bonchev–Trinajstić information content (AvgIpc) is 2.72. The first-order chi connectivity index (χ1) is 13.7. The van der Waals surface area contributed by atoms with Crippen LogP contribution in [0.15, 0.2) is 53.3 Å². The van der Waals surface area contributed by atoms with Crippen LogP contribution in [-0.4, -0.2) is 22.4 Å². The molecule has 5 heteroatoms. The number of fused-ring (bicyclic) bond motifs is 2. The van der Waals surface area contributed by atoms with E-state index in [1.165, 1.54) is 17.5 Å². The smallest absolute Gasteiger partial charge is 0.258 e. The highest BCUT2D eigenvalue weighted by Gasteiger charge is 2.20. The van der Waals surface area contributed by atoms with E-state index in [1.807, 2.05) is 18.2 Å². The second-order valence-corrected chi connectivity index (χ2v) is 7.48. The zero-order valence-corrected chi connectivity index (χ0v) is 15.9. The highest BCUT2D eigenvalue weighted by atomic mass is 16.1. The number of aromatic amines is 1. The number of carbonyl (C=O) groups excluding carboxylic acids is 1. The van der Waals surface area contributed by atoms with Gasteiger partial charge in [-0.1, -0.05) is 36.4 Å². The molecule has 0 saturated carbocycles. The molecule has 0 fully saturated rings. The van der Waals surface area contributed by atoms with Gasteiger partial charge in [-0.3, -0.25) is 9.59 Å². The number of para-hydroxylation sites is 1. The molecule has 144 valence electrons. The van der Waals surface area contributed by atoms with Crippen LogP contribution in [0.25, 0.3) is 10.9 Å². The van der Waals surface area contributed by atoms with Crippen molar-refractivity contribution in [3.05, 3.63) is 75.8 Å². The molecule has 1 aliphatic carbocycles. The standard InChI is InChI=1S/C23H25N3O2/c27-22(24-15-17-9-5-8-16-7-1-2-10-18(16)17)14-6-13-21-25-20-12-4-3-11-19(20)23(28)26-21/h1-4,7,10-12,17H,5-6,8-9,13-15H2,(H,24,27)(H,25,26,28). The first-order valence-electron chi connectivity index (χ1n) is 10.0. The Bertz CT molecular complexity index is 1040. The molecule has 28 heavy (non-hydrogen) atoms. The molecule has 2 aromatic carbocycles. The number of nitrogens with one attached hydrogen (secondary N) is 2. The van der Waals surface area contributed by atoms with Gasteiger partial charge in [0.15, 0.2) is 0 Å². The molecule has 0 saturated heterocycles. The molecule has 1 atom stereocenters. The number of benzene rings is 2. The number of aromatic nitrogens is 2. The summed E-state index contributed by atoms with van der Waals surface area (Å²) < 4.78 is 0. The van der Waals surface area contributed by atoms with Crippen molar-refractivity contribution in [1.29, 1.82) is 0 Å². The predicted molar refractivity (Wildman–Crippen MR) is 110 cm³/mol. The van der Waals surface area contributed by atoms with E-state index in [0.29, 0.717) is 48.5 Å². The Kier molecular flexibility index (Phi) is 5.51. The number of aryl methyl sites for hydroxylation is 2. The van der Waals surface area contributed by atoms with Crippen LogP contribution in [-0.2, 0) is 17.6 Å². The quantitative estimate of drug-likeness (QED) is 0.693. The monoisotopic (exact) mass is 375 g/mol. The number of hydrogen-bond acceptors (Lipinski definition) is 3. The van der Waals surface area contributed by atoms with Crippen molar-refractivity contribution >= 4 is 16.8 Å². The van der Waals surface area contributed by atoms with Crippen molar-refractivity contribution in [1.82, 2.24) is 15.3 Å². The van der Waals surface area contributed by atoms with Crippen LogP contribution >= 0.6 is 0 Å². The first kappa shape index (κ1) is 18.4. The molecule has 0 bridgehead atoms. The van der Waals surface area contributed by atoms with Crippen LogP contribution in [0.3, 0.4) is 0 Å². The predicted octanol–water partition coefficient (Wildman–Crippen LogP) is 3.48. The lowest BCUT2D eigenvalue weighted by molar-refractivity contribution is -0.121. The average molecular weight is 375 g/mol. The Morgan fingerprint density at radius 2 is 1.96 bits per heavy atom. The van der Waals surface area contributed by atoms with E-state index >= 15 is 0 Å². The van der Waals surface area contributed by atoms with E-state index in [0.717, 1.165) is 12.8 Å². The van der Waals surface area contributed by atoms with Gasteiger partial charge in [-0.25, -0.2) is 4.98 Å². The van der Waals surface area contributed by atoms with Gasteiger partial charge in [-0.05, 0) is 48.9 Å². The van der Waals surface area contributed by atoms with Gasteiger partial charge in [-0.15, -0.1) is 0 Å². The number of carbonyl (C=O) groups is 1. The molecular weight excluding hydrogens is 350 g/mol. The maximum absolute atomic E-state index is 12.3. The van der Waals surface area contributed by atoms with Crippen molar-refractivity contribution in [3.63, 3.8) is 0 Å². The lowest BCUT2D eigenvalue weighted by Crippen LogP contribution is -2.29. The summed E-state index contributed by atoms with van der Waals surface area (Å²) in [6, 6.07) is 15.9. The molecule has 4 rings (SSSR count). The SMILES string of the molecule is O=C(CCCc1nc2ccccc2c(=O)[nH]1)NCC1CCCc2ccccc21. The Labute approximate surface area is 164 Å². The summed E-state index contributed by atoms with van der Waals surface area (Å²) in [5, 5.41) is 3.68. The molecule has 1 amide bonds. The van der Waals surface area contributed by atoms with E-state index in [1.54, 1.807) is 6.07 Å². The molecule has 1 aliphatic rings. The third-order valence-corrected chi connectivity index (χ3v) is 5.52. The Morgan fingerprint density at radius 1 is 1.14 bits per heavy atom.